The largest absolute Gasteiger partial charge is 0.454 e. The van der Waals surface area contributed by atoms with Crippen molar-refractivity contribution in [1.82, 2.24) is 19.9 Å². The van der Waals surface area contributed by atoms with Crippen LogP contribution in [0.2, 0.25) is 0 Å². The second kappa shape index (κ2) is 6.13. The van der Waals surface area contributed by atoms with Crippen LogP contribution >= 0.6 is 11.3 Å². The molecule has 0 aliphatic rings. The zero-order chi connectivity index (χ0) is 16.4. The van der Waals surface area contributed by atoms with Crippen molar-refractivity contribution in [3.05, 3.63) is 35.1 Å². The number of hydrogen-bond acceptors (Lipinski definition) is 9. The Morgan fingerprint density at radius 1 is 1.30 bits per heavy atom. The van der Waals surface area contributed by atoms with Crippen molar-refractivity contribution in [2.75, 3.05) is 24.7 Å². The second-order valence-electron chi connectivity index (χ2n) is 4.92. The predicted molar refractivity (Wildman–Crippen MR) is 87.3 cm³/mol. The molecule has 2 N–H and O–H groups in total. The van der Waals surface area contributed by atoms with Gasteiger partial charge in [-0.2, -0.15) is 15.0 Å². The van der Waals surface area contributed by atoms with Gasteiger partial charge in [0.15, 0.2) is 12.4 Å². The molecule has 0 aliphatic carbocycles. The molecule has 2 aromatic heterocycles. The van der Waals surface area contributed by atoms with Gasteiger partial charge in [0.25, 0.3) is 0 Å². The van der Waals surface area contributed by atoms with Crippen molar-refractivity contribution in [2.24, 2.45) is 0 Å². The molecule has 0 atom stereocenters. The van der Waals surface area contributed by atoms with Gasteiger partial charge in [-0.05, 0) is 18.2 Å². The van der Waals surface area contributed by atoms with Gasteiger partial charge in [0.05, 0.1) is 21.3 Å². The van der Waals surface area contributed by atoms with Crippen LogP contribution in [0.5, 0.6) is 0 Å². The molecule has 0 unspecified atom stereocenters. The third-order valence-electron chi connectivity index (χ3n) is 2.99. The normalized spacial score (nSPS) is 10.7. The lowest BCUT2D eigenvalue weighted by molar-refractivity contribution is 0.0462. The van der Waals surface area contributed by atoms with Gasteiger partial charge >= 0.3 is 5.97 Å². The van der Waals surface area contributed by atoms with Gasteiger partial charge in [0.1, 0.15) is 0 Å². The molecule has 3 aromatic rings. The molecule has 0 aliphatic heterocycles. The number of thiazole rings is 1. The van der Waals surface area contributed by atoms with Crippen molar-refractivity contribution in [3.63, 3.8) is 0 Å². The van der Waals surface area contributed by atoms with E-state index in [0.717, 1.165) is 10.2 Å². The van der Waals surface area contributed by atoms with E-state index in [2.05, 4.69) is 19.9 Å². The molecule has 3 rings (SSSR count). The lowest BCUT2D eigenvalue weighted by atomic mass is 10.2. The standard InChI is InChI=1S/C14H14N6O2S/c1-20(2)14-18-11(17-13(15)19-14)6-22-12(21)8-3-4-9-10(5-8)23-7-16-9/h3-5,7H,6H2,1-2H3,(H2,15,17,18,19). The first-order valence-electron chi connectivity index (χ1n) is 6.71. The third kappa shape index (κ3) is 3.34. The Hall–Kier alpha value is -2.81. The third-order valence-corrected chi connectivity index (χ3v) is 3.78. The minimum absolute atomic E-state index is 0.0763. The summed E-state index contributed by atoms with van der Waals surface area (Å²) in [6.45, 7) is -0.0763. The highest BCUT2D eigenvalue weighted by Crippen LogP contribution is 2.19. The fourth-order valence-electron chi connectivity index (χ4n) is 1.89. The van der Waals surface area contributed by atoms with Crippen LogP contribution < -0.4 is 10.6 Å². The summed E-state index contributed by atoms with van der Waals surface area (Å²) in [5.41, 5.74) is 8.67. The number of ether oxygens (including phenoxy) is 1. The van der Waals surface area contributed by atoms with Crippen LogP contribution in [0.25, 0.3) is 10.2 Å². The van der Waals surface area contributed by atoms with Crippen molar-refractivity contribution in [2.45, 2.75) is 6.61 Å². The van der Waals surface area contributed by atoms with Gasteiger partial charge in [-0.15, -0.1) is 11.3 Å². The van der Waals surface area contributed by atoms with Crippen LogP contribution in [0.4, 0.5) is 11.9 Å². The summed E-state index contributed by atoms with van der Waals surface area (Å²) in [6, 6.07) is 5.22. The molecule has 2 heterocycles. The van der Waals surface area contributed by atoms with Crippen molar-refractivity contribution < 1.29 is 9.53 Å². The van der Waals surface area contributed by atoms with E-state index >= 15 is 0 Å². The number of esters is 1. The molecule has 9 heteroatoms. The first-order chi connectivity index (χ1) is 11.0. The SMILES string of the molecule is CN(C)c1nc(N)nc(COC(=O)c2ccc3ncsc3c2)n1. The monoisotopic (exact) mass is 330 g/mol. The summed E-state index contributed by atoms with van der Waals surface area (Å²) in [4.78, 5) is 30.1. The number of nitrogens with zero attached hydrogens (tertiary/aromatic N) is 5. The average Bonchev–Trinajstić information content (AvgIpc) is 2.99. The Morgan fingerprint density at radius 2 is 2.13 bits per heavy atom. The van der Waals surface area contributed by atoms with Crippen molar-refractivity contribution >= 4 is 39.4 Å². The number of carbonyl (C=O) groups is 1. The van der Waals surface area contributed by atoms with Gasteiger partial charge in [-0.1, -0.05) is 0 Å². The van der Waals surface area contributed by atoms with Crippen LogP contribution in [0.15, 0.2) is 23.7 Å². The highest BCUT2D eigenvalue weighted by atomic mass is 32.1. The van der Waals surface area contributed by atoms with Crippen molar-refractivity contribution in [1.29, 1.82) is 0 Å². The summed E-state index contributed by atoms with van der Waals surface area (Å²) < 4.78 is 6.18. The minimum atomic E-state index is -0.453. The first-order valence-corrected chi connectivity index (χ1v) is 7.59. The van der Waals surface area contributed by atoms with Crippen LogP contribution in [0.3, 0.4) is 0 Å². The fraction of sp³-hybridized carbons (Fsp3) is 0.214. The molecule has 23 heavy (non-hydrogen) atoms. The Kier molecular flexibility index (Phi) is 4.02. The number of anilines is 2. The fourth-order valence-corrected chi connectivity index (χ4v) is 2.60. The maximum Gasteiger partial charge on any atom is 0.338 e. The van der Waals surface area contributed by atoms with E-state index in [1.807, 2.05) is 0 Å². The summed E-state index contributed by atoms with van der Waals surface area (Å²) in [7, 11) is 3.57. The maximum atomic E-state index is 12.1. The molecule has 0 bridgehead atoms. The lowest BCUT2D eigenvalue weighted by Crippen LogP contribution is -2.17. The van der Waals surface area contributed by atoms with Gasteiger partial charge in [-0.3, -0.25) is 0 Å². The number of rotatable bonds is 4. The molecule has 0 amide bonds. The molecule has 118 valence electrons. The number of benzene rings is 1. The van der Waals surface area contributed by atoms with E-state index in [9.17, 15) is 4.79 Å². The maximum absolute atomic E-state index is 12.1. The van der Waals surface area contributed by atoms with Crippen LogP contribution in [0.1, 0.15) is 16.2 Å². The van der Waals surface area contributed by atoms with E-state index in [1.165, 1.54) is 11.3 Å². The zero-order valence-electron chi connectivity index (χ0n) is 12.6. The molecular weight excluding hydrogens is 316 g/mol. The molecule has 8 nitrogen and oxygen atoms in total. The van der Waals surface area contributed by atoms with E-state index in [1.54, 1.807) is 42.7 Å². The number of nitrogen functional groups attached to an aromatic ring is 1. The van der Waals surface area contributed by atoms with Crippen LogP contribution in [0, 0.1) is 0 Å². The highest BCUT2D eigenvalue weighted by molar-refractivity contribution is 7.16. The van der Waals surface area contributed by atoms with E-state index in [-0.39, 0.29) is 12.6 Å². The summed E-state index contributed by atoms with van der Waals surface area (Å²) in [6.07, 6.45) is 0. The quantitative estimate of drug-likeness (QED) is 0.717. The number of carbonyl (C=O) groups excluding carboxylic acids is 1. The molecular formula is C14H14N6O2S. The van der Waals surface area contributed by atoms with Gasteiger partial charge < -0.3 is 15.4 Å². The Balaban J connectivity index is 1.73. The number of hydrogen-bond donors (Lipinski definition) is 1. The number of fused-ring (bicyclic) bond motifs is 1. The summed E-state index contributed by atoms with van der Waals surface area (Å²) in [5, 5.41) is 0. The summed E-state index contributed by atoms with van der Waals surface area (Å²) >= 11 is 1.47. The van der Waals surface area contributed by atoms with Gasteiger partial charge in [-0.25, -0.2) is 9.78 Å². The summed E-state index contributed by atoms with van der Waals surface area (Å²) in [5.74, 6) is 0.342. The highest BCUT2D eigenvalue weighted by Gasteiger charge is 2.12. The van der Waals surface area contributed by atoms with Crippen LogP contribution in [-0.2, 0) is 11.3 Å². The molecule has 0 saturated carbocycles. The molecule has 0 saturated heterocycles. The molecule has 0 radical (unpaired) electrons. The number of nitrogens with two attached hydrogens (primary N) is 1. The predicted octanol–water partition coefficient (Wildman–Crippen LogP) is 1.49. The smallest absolute Gasteiger partial charge is 0.338 e. The molecule has 0 spiro atoms. The topological polar surface area (TPSA) is 107 Å². The Labute approximate surface area is 136 Å². The lowest BCUT2D eigenvalue weighted by Gasteiger charge is -2.11. The van der Waals surface area contributed by atoms with Gasteiger partial charge in [0.2, 0.25) is 11.9 Å². The van der Waals surface area contributed by atoms with E-state index in [0.29, 0.717) is 17.3 Å². The average molecular weight is 330 g/mol. The minimum Gasteiger partial charge on any atom is -0.454 e. The Morgan fingerprint density at radius 3 is 2.91 bits per heavy atom. The molecule has 0 fully saturated rings. The van der Waals surface area contributed by atoms with Crippen LogP contribution in [-0.4, -0.2) is 40.0 Å². The second-order valence-corrected chi connectivity index (χ2v) is 5.80. The van der Waals surface area contributed by atoms with E-state index in [4.69, 9.17) is 10.5 Å². The molecule has 1 aromatic carbocycles. The Bertz CT molecular complexity index is 863. The number of aromatic nitrogens is 4. The van der Waals surface area contributed by atoms with E-state index < -0.39 is 5.97 Å². The van der Waals surface area contributed by atoms with Crippen molar-refractivity contribution in [3.8, 4) is 0 Å². The van der Waals surface area contributed by atoms with Gasteiger partial charge in [0, 0.05) is 14.1 Å². The zero-order valence-corrected chi connectivity index (χ0v) is 13.4. The first kappa shape index (κ1) is 15.1.